The minimum absolute atomic E-state index is 0.134. The highest BCUT2D eigenvalue weighted by Gasteiger charge is 2.29. The fourth-order valence-corrected chi connectivity index (χ4v) is 3.95. The summed E-state index contributed by atoms with van der Waals surface area (Å²) in [5, 5.41) is 12.0. The van der Waals surface area contributed by atoms with E-state index >= 15 is 0 Å². The molecule has 1 aliphatic rings. The van der Waals surface area contributed by atoms with Crippen molar-refractivity contribution in [1.29, 1.82) is 0 Å². The highest BCUT2D eigenvalue weighted by molar-refractivity contribution is 7.10. The molecule has 2 atom stereocenters. The minimum Gasteiger partial charge on any atom is -0.389 e. The first-order chi connectivity index (χ1) is 9.37. The van der Waals surface area contributed by atoms with E-state index in [9.17, 15) is 5.11 Å². The number of hydrogen-bond acceptors (Lipinski definition) is 5. The second-order valence-corrected chi connectivity index (χ2v) is 7.42. The van der Waals surface area contributed by atoms with Gasteiger partial charge in [0.15, 0.2) is 0 Å². The summed E-state index contributed by atoms with van der Waals surface area (Å²) in [5.41, 5.74) is 5.59. The molecule has 0 spiro atoms. The number of nitrogens with zero attached hydrogens (tertiary/aromatic N) is 2. The van der Waals surface area contributed by atoms with E-state index in [-0.39, 0.29) is 6.04 Å². The molecule has 0 amide bonds. The van der Waals surface area contributed by atoms with Gasteiger partial charge in [-0.05, 0) is 32.2 Å². The molecule has 1 aromatic heterocycles. The Balaban J connectivity index is 1.95. The number of piperazine rings is 1. The van der Waals surface area contributed by atoms with Crippen LogP contribution in [-0.2, 0) is 0 Å². The van der Waals surface area contributed by atoms with Crippen molar-refractivity contribution in [2.75, 3.05) is 32.7 Å². The molecule has 2 heterocycles. The Bertz CT molecular complexity index is 392. The van der Waals surface area contributed by atoms with Crippen LogP contribution >= 0.6 is 11.3 Å². The Kier molecular flexibility index (Phi) is 5.20. The van der Waals surface area contributed by atoms with E-state index in [0.29, 0.717) is 6.04 Å². The molecule has 2 rings (SSSR count). The summed E-state index contributed by atoms with van der Waals surface area (Å²) >= 11 is 1.79. The van der Waals surface area contributed by atoms with Crippen LogP contribution in [-0.4, -0.2) is 59.3 Å². The van der Waals surface area contributed by atoms with E-state index < -0.39 is 5.60 Å². The van der Waals surface area contributed by atoms with Crippen molar-refractivity contribution in [1.82, 2.24) is 9.80 Å². The number of hydrogen-bond donors (Lipinski definition) is 2. The molecule has 114 valence electrons. The molecular weight excluding hydrogens is 270 g/mol. The van der Waals surface area contributed by atoms with E-state index in [1.165, 1.54) is 4.88 Å². The van der Waals surface area contributed by atoms with E-state index in [2.05, 4.69) is 34.2 Å². The fourth-order valence-electron chi connectivity index (χ4n) is 2.98. The maximum absolute atomic E-state index is 9.91. The average Bonchev–Trinajstić information content (AvgIpc) is 2.83. The summed E-state index contributed by atoms with van der Waals surface area (Å²) in [6, 6.07) is 4.73. The predicted octanol–water partition coefficient (Wildman–Crippen LogP) is 1.52. The zero-order valence-electron chi connectivity index (χ0n) is 12.7. The smallest absolute Gasteiger partial charge is 0.0718 e. The van der Waals surface area contributed by atoms with Gasteiger partial charge in [0, 0.05) is 43.6 Å². The Hall–Kier alpha value is -0.460. The van der Waals surface area contributed by atoms with Crippen molar-refractivity contribution >= 4 is 11.3 Å². The first-order valence-corrected chi connectivity index (χ1v) is 8.22. The molecular formula is C15H27N3OS. The van der Waals surface area contributed by atoms with Crippen LogP contribution in [0.25, 0.3) is 0 Å². The molecule has 1 aliphatic heterocycles. The van der Waals surface area contributed by atoms with Gasteiger partial charge < -0.3 is 10.8 Å². The summed E-state index contributed by atoms with van der Waals surface area (Å²) in [4.78, 5) is 6.18. The third-order valence-electron chi connectivity index (χ3n) is 3.74. The van der Waals surface area contributed by atoms with E-state index in [0.717, 1.165) is 32.7 Å². The van der Waals surface area contributed by atoms with E-state index in [4.69, 9.17) is 5.73 Å². The lowest BCUT2D eigenvalue weighted by atomic mass is 10.0. The molecule has 0 aliphatic carbocycles. The van der Waals surface area contributed by atoms with Crippen molar-refractivity contribution in [2.45, 2.75) is 38.5 Å². The van der Waals surface area contributed by atoms with Crippen LogP contribution in [0.4, 0.5) is 0 Å². The highest BCUT2D eigenvalue weighted by Crippen LogP contribution is 2.28. The Morgan fingerprint density at radius 3 is 2.45 bits per heavy atom. The van der Waals surface area contributed by atoms with Gasteiger partial charge in [-0.25, -0.2) is 0 Å². The first-order valence-electron chi connectivity index (χ1n) is 7.34. The second-order valence-electron chi connectivity index (χ2n) is 6.44. The van der Waals surface area contributed by atoms with Crippen LogP contribution in [0.1, 0.15) is 31.7 Å². The third kappa shape index (κ3) is 4.27. The van der Waals surface area contributed by atoms with Crippen LogP contribution in [0.5, 0.6) is 0 Å². The van der Waals surface area contributed by atoms with Crippen LogP contribution in [0.3, 0.4) is 0 Å². The number of rotatable bonds is 5. The second kappa shape index (κ2) is 6.54. The van der Waals surface area contributed by atoms with Crippen LogP contribution in [0, 0.1) is 0 Å². The summed E-state index contributed by atoms with van der Waals surface area (Å²) < 4.78 is 0. The van der Waals surface area contributed by atoms with E-state index in [1.807, 2.05) is 13.8 Å². The SMILES string of the molecule is CC(N)C(c1cccs1)N1CCN(CC(C)(C)O)CC1. The summed E-state index contributed by atoms with van der Waals surface area (Å²) in [6.45, 7) is 10.6. The maximum atomic E-state index is 9.91. The first kappa shape index (κ1) is 15.9. The Labute approximate surface area is 126 Å². The monoisotopic (exact) mass is 297 g/mol. The standard InChI is InChI=1S/C15H27N3OS/c1-12(16)14(13-5-4-10-20-13)18-8-6-17(7-9-18)11-15(2,3)19/h4-5,10,12,14,19H,6-9,11,16H2,1-3H3. The summed E-state index contributed by atoms with van der Waals surface area (Å²) in [6.07, 6.45) is 0. The zero-order chi connectivity index (χ0) is 14.8. The number of β-amino-alcohol motifs (C(OH)–C–C–N with tert-alkyl or cyclic N) is 1. The van der Waals surface area contributed by atoms with Gasteiger partial charge in [0.05, 0.1) is 11.6 Å². The Morgan fingerprint density at radius 1 is 1.35 bits per heavy atom. The molecule has 20 heavy (non-hydrogen) atoms. The minimum atomic E-state index is -0.615. The molecule has 0 bridgehead atoms. The average molecular weight is 297 g/mol. The quantitative estimate of drug-likeness (QED) is 0.865. The molecule has 0 saturated carbocycles. The highest BCUT2D eigenvalue weighted by atomic mass is 32.1. The number of aliphatic hydroxyl groups is 1. The Morgan fingerprint density at radius 2 is 2.00 bits per heavy atom. The van der Waals surface area contributed by atoms with Gasteiger partial charge in [-0.15, -0.1) is 11.3 Å². The van der Waals surface area contributed by atoms with Crippen LogP contribution in [0.15, 0.2) is 17.5 Å². The molecule has 1 fully saturated rings. The molecule has 5 heteroatoms. The van der Waals surface area contributed by atoms with Gasteiger partial charge in [-0.3, -0.25) is 9.80 Å². The molecule has 3 N–H and O–H groups in total. The lowest BCUT2D eigenvalue weighted by Gasteiger charge is -2.41. The molecule has 0 radical (unpaired) electrons. The van der Waals surface area contributed by atoms with Gasteiger partial charge in [0.25, 0.3) is 0 Å². The van der Waals surface area contributed by atoms with Crippen LogP contribution in [0.2, 0.25) is 0 Å². The van der Waals surface area contributed by atoms with Crippen molar-refractivity contribution in [3.8, 4) is 0 Å². The lowest BCUT2D eigenvalue weighted by Crippen LogP contribution is -2.53. The predicted molar refractivity (Wildman–Crippen MR) is 85.0 cm³/mol. The van der Waals surface area contributed by atoms with Crippen molar-refractivity contribution < 1.29 is 5.11 Å². The summed E-state index contributed by atoms with van der Waals surface area (Å²) in [7, 11) is 0. The van der Waals surface area contributed by atoms with Gasteiger partial charge >= 0.3 is 0 Å². The van der Waals surface area contributed by atoms with Gasteiger partial charge in [0.2, 0.25) is 0 Å². The zero-order valence-corrected chi connectivity index (χ0v) is 13.6. The van der Waals surface area contributed by atoms with E-state index in [1.54, 1.807) is 11.3 Å². The van der Waals surface area contributed by atoms with Gasteiger partial charge in [-0.1, -0.05) is 6.07 Å². The largest absolute Gasteiger partial charge is 0.389 e. The molecule has 2 unspecified atom stereocenters. The normalized spacial score (nSPS) is 21.9. The van der Waals surface area contributed by atoms with Gasteiger partial charge in [-0.2, -0.15) is 0 Å². The van der Waals surface area contributed by atoms with Crippen molar-refractivity contribution in [3.05, 3.63) is 22.4 Å². The summed E-state index contributed by atoms with van der Waals surface area (Å²) in [5.74, 6) is 0. The number of nitrogens with two attached hydrogens (primary N) is 1. The van der Waals surface area contributed by atoms with Crippen molar-refractivity contribution in [2.24, 2.45) is 5.73 Å². The molecule has 1 aromatic rings. The number of thiophene rings is 1. The molecule has 0 aromatic carbocycles. The van der Waals surface area contributed by atoms with Gasteiger partial charge in [0.1, 0.15) is 0 Å². The maximum Gasteiger partial charge on any atom is 0.0718 e. The van der Waals surface area contributed by atoms with Crippen LogP contribution < -0.4 is 5.73 Å². The topological polar surface area (TPSA) is 52.7 Å². The molecule has 1 saturated heterocycles. The lowest BCUT2D eigenvalue weighted by molar-refractivity contribution is 0.00915. The third-order valence-corrected chi connectivity index (χ3v) is 4.69. The van der Waals surface area contributed by atoms with Crippen molar-refractivity contribution in [3.63, 3.8) is 0 Å². The molecule has 4 nitrogen and oxygen atoms in total. The fraction of sp³-hybridized carbons (Fsp3) is 0.733.